The van der Waals surface area contributed by atoms with Crippen molar-refractivity contribution in [1.82, 2.24) is 29.7 Å². The van der Waals surface area contributed by atoms with E-state index in [1.54, 1.807) is 39.2 Å². The van der Waals surface area contributed by atoms with Crippen molar-refractivity contribution in [2.75, 3.05) is 73.6 Å². The number of ether oxygens (including phenoxy) is 2. The van der Waals surface area contributed by atoms with Gasteiger partial charge in [0.25, 0.3) is 16.7 Å². The lowest BCUT2D eigenvalue weighted by Gasteiger charge is -2.26. The smallest absolute Gasteiger partial charge is 0.444 e. The van der Waals surface area contributed by atoms with Crippen LogP contribution in [0.2, 0.25) is 0 Å². The number of benzene rings is 3. The molecule has 3 aliphatic carbocycles. The van der Waals surface area contributed by atoms with Gasteiger partial charge in [-0.15, -0.1) is 0 Å². The maximum absolute atomic E-state index is 15.7. The molecule has 95 heavy (non-hydrogen) atoms. The van der Waals surface area contributed by atoms with Gasteiger partial charge in [0.2, 0.25) is 0 Å². The molecule has 3 saturated heterocycles. The molecule has 3 aliphatic heterocycles. The third-order valence-electron chi connectivity index (χ3n) is 18.5. The second kappa shape index (κ2) is 27.4. The molecule has 3 unspecified atom stereocenters. The summed E-state index contributed by atoms with van der Waals surface area (Å²) in [6.45, 7) is 20.3. The number of fused-ring (bicyclic) bond motifs is 3. The number of nitrogens with zero attached hydrogens (tertiary/aromatic N) is 7. The summed E-state index contributed by atoms with van der Waals surface area (Å²) in [4.78, 5) is 78.6. The number of nitrogens with one attached hydrogen (secondary N) is 3. The number of carbonyl (C=O) groups is 3. The van der Waals surface area contributed by atoms with Crippen molar-refractivity contribution in [3.8, 4) is 6.07 Å². The zero-order valence-corrected chi connectivity index (χ0v) is 55.4. The van der Waals surface area contributed by atoms with Crippen molar-refractivity contribution in [2.24, 2.45) is 29.2 Å². The van der Waals surface area contributed by atoms with E-state index < -0.39 is 47.1 Å². The maximum Gasteiger partial charge on any atom is 0.471 e. The van der Waals surface area contributed by atoms with Crippen LogP contribution in [-0.2, 0) is 27.4 Å². The highest BCUT2D eigenvalue weighted by Crippen LogP contribution is 2.45. The van der Waals surface area contributed by atoms with Crippen molar-refractivity contribution >= 4 is 67.9 Å². The predicted octanol–water partition coefficient (Wildman–Crippen LogP) is 10.3. The van der Waals surface area contributed by atoms with Gasteiger partial charge in [0, 0.05) is 136 Å². The monoisotopic (exact) mass is 1320 g/mol. The third-order valence-corrected chi connectivity index (χ3v) is 18.5. The van der Waals surface area contributed by atoms with E-state index in [4.69, 9.17) is 20.9 Å². The van der Waals surface area contributed by atoms with Gasteiger partial charge < -0.3 is 65.3 Å². The predicted molar refractivity (Wildman–Crippen MR) is 353 cm³/mol. The number of aromatic nitrogens is 3. The number of aryl methyl sites for hydroxylation is 3. The molecule has 3 aromatic heterocycles. The molecule has 20 nitrogen and oxygen atoms in total. The van der Waals surface area contributed by atoms with Crippen LogP contribution in [0.15, 0.2) is 50.8 Å². The molecular formula is C69H86F6N12O8. The second-order valence-electron chi connectivity index (χ2n) is 28.1. The lowest BCUT2D eigenvalue weighted by Crippen LogP contribution is -2.39. The number of alkyl halides is 3. The van der Waals surface area contributed by atoms with Gasteiger partial charge in [-0.25, -0.2) is 22.8 Å². The minimum Gasteiger partial charge on any atom is -0.444 e. The lowest BCUT2D eigenvalue weighted by atomic mass is 10.00. The molecule has 3 atom stereocenters. The van der Waals surface area contributed by atoms with Gasteiger partial charge in [0.1, 0.15) is 17.3 Å². The first kappa shape index (κ1) is 69.5. The number of nitrogens with two attached hydrogens (primary N) is 2. The van der Waals surface area contributed by atoms with Gasteiger partial charge in [-0.1, -0.05) is 0 Å². The van der Waals surface area contributed by atoms with Gasteiger partial charge in [-0.3, -0.25) is 19.2 Å². The molecular weight excluding hydrogens is 1240 g/mol. The summed E-state index contributed by atoms with van der Waals surface area (Å²) in [5, 5.41) is 19.1. The highest BCUT2D eigenvalue weighted by atomic mass is 19.4. The van der Waals surface area contributed by atoms with Crippen LogP contribution >= 0.6 is 0 Å². The number of rotatable bonds is 14. The topological polar surface area (TPSA) is 257 Å². The van der Waals surface area contributed by atoms with Crippen LogP contribution < -0.4 is 58.8 Å². The normalized spacial score (nSPS) is 18.9. The summed E-state index contributed by atoms with van der Waals surface area (Å²) >= 11 is 0. The number of amides is 3. The number of alkyl carbamates (subject to hydrolysis) is 2. The summed E-state index contributed by atoms with van der Waals surface area (Å²) in [5.41, 5.74) is 16.6. The average molecular weight is 1330 g/mol. The summed E-state index contributed by atoms with van der Waals surface area (Å²) in [5.74, 6) is -3.22. The van der Waals surface area contributed by atoms with E-state index >= 15 is 13.2 Å². The molecule has 0 bridgehead atoms. The maximum atomic E-state index is 15.7. The fraction of sp³-hybridized carbons (Fsp3) is 0.551. The zero-order valence-electron chi connectivity index (χ0n) is 55.4. The first-order chi connectivity index (χ1) is 44.8. The van der Waals surface area contributed by atoms with Gasteiger partial charge >= 0.3 is 24.3 Å². The van der Waals surface area contributed by atoms with Crippen LogP contribution in [-0.4, -0.2) is 108 Å². The number of hydrogen-bond donors (Lipinski definition) is 5. The molecule has 7 N–H and O–H groups in total. The first-order valence-corrected chi connectivity index (χ1v) is 32.8. The number of hydrogen-bond acceptors (Lipinski definition) is 14. The molecule has 6 aliphatic rings. The number of nitriles is 1. The van der Waals surface area contributed by atoms with E-state index in [1.807, 2.05) is 81.1 Å². The van der Waals surface area contributed by atoms with Crippen LogP contribution in [0.25, 0.3) is 32.7 Å². The molecule has 6 fully saturated rings. The molecule has 512 valence electrons. The van der Waals surface area contributed by atoms with Crippen molar-refractivity contribution in [1.29, 1.82) is 5.26 Å². The Morgan fingerprint density at radius 1 is 0.516 bits per heavy atom. The Morgan fingerprint density at radius 3 is 1.14 bits per heavy atom. The number of pyridine rings is 3. The van der Waals surface area contributed by atoms with Crippen molar-refractivity contribution in [3.05, 3.63) is 118 Å². The molecule has 3 aromatic carbocycles. The first-order valence-electron chi connectivity index (χ1n) is 32.8. The number of halogens is 6. The largest absolute Gasteiger partial charge is 0.471 e. The van der Waals surface area contributed by atoms with E-state index in [0.717, 1.165) is 67.8 Å². The van der Waals surface area contributed by atoms with E-state index in [9.17, 15) is 47.2 Å². The van der Waals surface area contributed by atoms with Crippen LogP contribution in [0.4, 0.5) is 53.0 Å². The fourth-order valence-electron chi connectivity index (χ4n) is 13.8. The van der Waals surface area contributed by atoms with Gasteiger partial charge in [0.15, 0.2) is 17.5 Å². The van der Waals surface area contributed by atoms with Gasteiger partial charge in [-0.2, -0.15) is 18.4 Å². The quantitative estimate of drug-likeness (QED) is 0.0636. The van der Waals surface area contributed by atoms with Gasteiger partial charge in [0.05, 0.1) is 39.2 Å². The molecule has 0 spiro atoms. The Kier molecular flexibility index (Phi) is 20.1. The summed E-state index contributed by atoms with van der Waals surface area (Å²) in [6.07, 6.45) is 1.79. The van der Waals surface area contributed by atoms with Crippen LogP contribution in [0.3, 0.4) is 0 Å². The van der Waals surface area contributed by atoms with Crippen LogP contribution in [0.5, 0.6) is 0 Å². The minimum absolute atomic E-state index is 0.0228. The second-order valence-corrected chi connectivity index (χ2v) is 28.1. The highest BCUT2D eigenvalue weighted by molar-refractivity contribution is 5.94. The van der Waals surface area contributed by atoms with Crippen LogP contribution in [0, 0.1) is 67.3 Å². The third kappa shape index (κ3) is 15.1. The summed E-state index contributed by atoms with van der Waals surface area (Å²) < 4.78 is 99.9. The molecule has 0 radical (unpaired) electrons. The number of carbonyl (C=O) groups excluding carboxylic acids is 3. The Hall–Kier alpha value is -8.31. The molecule has 12 rings (SSSR count). The van der Waals surface area contributed by atoms with E-state index in [-0.39, 0.29) is 83.6 Å². The summed E-state index contributed by atoms with van der Waals surface area (Å²) in [6, 6.07) is 11.7. The van der Waals surface area contributed by atoms with Crippen molar-refractivity contribution in [3.63, 3.8) is 0 Å². The molecule has 6 heterocycles. The number of anilines is 3. The highest BCUT2D eigenvalue weighted by Gasteiger charge is 2.40. The summed E-state index contributed by atoms with van der Waals surface area (Å²) in [7, 11) is 0. The standard InChI is InChI=1S/C24H33FN4O3.C24H29FN4O3.C21H24F4N4O2/c2*1-14-21-17(7-8-19(30)29(21)16-5-6-16)18(11-26)20(25)22(14)28-10-9-15(13-28)12-27-23(31)32-24(2,3)4;1-11-18-14(4-5-16(30)29(18)13-2-3-13)15(8-26)17(22)19(11)28-7-6-12(10-28)9-27-20(31)21(23,24)25/h7-8,15-16H,5-6,9-13,26H2,1-4H3,(H,27,31);7-8,15-16H,5-6,9-10,12-13H2,1-4H3,(H,27,31);4-5,12-13H,2-3,6-10,26H2,1H3,(H,27,31). The molecule has 6 aromatic rings. The van der Waals surface area contributed by atoms with E-state index in [1.165, 1.54) is 18.2 Å². The lowest BCUT2D eigenvalue weighted by molar-refractivity contribution is -0.173. The Balaban J connectivity index is 0.000000155. The minimum atomic E-state index is -4.93. The van der Waals surface area contributed by atoms with Crippen molar-refractivity contribution < 1.29 is 50.2 Å². The van der Waals surface area contributed by atoms with E-state index in [0.29, 0.717) is 120 Å². The SMILES string of the molecule is Cc1c(N2CCC(CNC(=O)C(F)(F)F)C2)c(F)c(CN)c2ccc(=O)n(C3CC3)c12.Cc1c(N2CCC(CNC(=O)OC(C)(C)C)C2)c(F)c(C#N)c2ccc(=O)n(C3CC3)c12.Cc1c(N2CCC(CNC(=O)OC(C)(C)C)C2)c(F)c(CN)c2ccc(=O)n(C3CC3)c12. The van der Waals surface area contributed by atoms with Gasteiger partial charge in [-0.05, 0) is 173 Å². The zero-order chi connectivity index (χ0) is 68.9. The Bertz CT molecular complexity index is 4210. The van der Waals surface area contributed by atoms with Crippen LogP contribution in [0.1, 0.15) is 151 Å². The Labute approximate surface area is 546 Å². The Morgan fingerprint density at radius 2 is 0.832 bits per heavy atom. The van der Waals surface area contributed by atoms with E-state index in [2.05, 4.69) is 10.6 Å². The van der Waals surface area contributed by atoms with Crippen molar-refractivity contribution in [2.45, 2.75) is 169 Å². The fourth-order valence-corrected chi connectivity index (χ4v) is 13.8. The average Bonchev–Trinajstić information content (AvgIpc) is 1.73. The molecule has 26 heteroatoms. The molecule has 3 saturated carbocycles. The molecule has 3 amide bonds.